The molecule has 0 fully saturated rings. The highest BCUT2D eigenvalue weighted by Crippen LogP contribution is 2.35. The molecule has 0 radical (unpaired) electrons. The number of fused-ring (bicyclic) bond motifs is 2. The fourth-order valence-corrected chi connectivity index (χ4v) is 6.05. The van der Waals surface area contributed by atoms with Gasteiger partial charge in [0.15, 0.2) is 0 Å². The van der Waals surface area contributed by atoms with Crippen molar-refractivity contribution in [3.05, 3.63) is 101 Å². The van der Waals surface area contributed by atoms with Gasteiger partial charge >= 0.3 is 0 Å². The van der Waals surface area contributed by atoms with E-state index in [-0.39, 0.29) is 15.5 Å². The van der Waals surface area contributed by atoms with Crippen LogP contribution in [0, 0.1) is 0 Å². The summed E-state index contributed by atoms with van der Waals surface area (Å²) < 4.78 is 28.2. The van der Waals surface area contributed by atoms with Gasteiger partial charge in [0.1, 0.15) is 4.90 Å². The van der Waals surface area contributed by atoms with Gasteiger partial charge in [-0.25, -0.2) is 8.42 Å². The van der Waals surface area contributed by atoms with Gasteiger partial charge in [-0.1, -0.05) is 66.2 Å². The summed E-state index contributed by atoms with van der Waals surface area (Å²) in [5, 5.41) is 4.87. The summed E-state index contributed by atoms with van der Waals surface area (Å²) in [4.78, 5) is 12.9. The number of anilines is 2. The molecule has 0 bridgehead atoms. The maximum Gasteiger partial charge on any atom is 0.265 e. The highest BCUT2D eigenvalue weighted by molar-refractivity contribution is 7.93. The van der Waals surface area contributed by atoms with Crippen molar-refractivity contribution in [2.75, 3.05) is 16.2 Å². The zero-order chi connectivity index (χ0) is 22.3. The largest absolute Gasteiger partial charge is 0.321 e. The van der Waals surface area contributed by atoms with Crippen LogP contribution in [-0.2, 0) is 16.4 Å². The second kappa shape index (κ2) is 7.97. The Labute approximate surface area is 191 Å². The Morgan fingerprint density at radius 2 is 1.66 bits per heavy atom. The number of nitrogens with zero attached hydrogens (tertiary/aromatic N) is 1. The van der Waals surface area contributed by atoms with Crippen LogP contribution in [0.15, 0.2) is 89.8 Å². The molecule has 0 saturated heterocycles. The molecule has 0 unspecified atom stereocenters. The van der Waals surface area contributed by atoms with E-state index < -0.39 is 15.9 Å². The summed E-state index contributed by atoms with van der Waals surface area (Å²) in [6, 6.07) is 25.1. The third-order valence-electron chi connectivity index (χ3n) is 5.64. The molecule has 1 N–H and O–H groups in total. The Kier molecular flexibility index (Phi) is 5.12. The maximum atomic E-state index is 13.4. The van der Waals surface area contributed by atoms with E-state index in [9.17, 15) is 13.2 Å². The van der Waals surface area contributed by atoms with Crippen LogP contribution in [0.5, 0.6) is 0 Å². The molecule has 32 heavy (non-hydrogen) atoms. The zero-order valence-electron chi connectivity index (χ0n) is 17.0. The molecule has 7 heteroatoms. The highest BCUT2D eigenvalue weighted by atomic mass is 35.5. The maximum absolute atomic E-state index is 13.4. The summed E-state index contributed by atoms with van der Waals surface area (Å²) in [6.07, 6.45) is 0.633. The van der Waals surface area contributed by atoms with Gasteiger partial charge in [-0.2, -0.15) is 0 Å². The van der Waals surface area contributed by atoms with Crippen molar-refractivity contribution in [3.63, 3.8) is 0 Å². The number of benzene rings is 4. The van der Waals surface area contributed by atoms with Crippen LogP contribution in [0.1, 0.15) is 15.9 Å². The number of hydrogen-bond donors (Lipinski definition) is 1. The molecule has 0 atom stereocenters. The predicted octanol–water partition coefficient (Wildman–Crippen LogP) is 5.50. The first kappa shape index (κ1) is 20.5. The number of halogens is 1. The molecule has 4 aromatic carbocycles. The van der Waals surface area contributed by atoms with Crippen molar-refractivity contribution in [1.29, 1.82) is 0 Å². The number of rotatable bonds is 4. The molecule has 5 nitrogen and oxygen atoms in total. The van der Waals surface area contributed by atoms with Crippen molar-refractivity contribution in [2.24, 2.45) is 0 Å². The minimum atomic E-state index is -3.92. The predicted molar refractivity (Wildman–Crippen MR) is 128 cm³/mol. The molecule has 0 saturated carbocycles. The van der Waals surface area contributed by atoms with E-state index in [4.69, 9.17) is 11.6 Å². The molecule has 1 aliphatic heterocycles. The van der Waals surface area contributed by atoms with Crippen LogP contribution in [0.2, 0.25) is 5.02 Å². The molecule has 0 spiro atoms. The normalized spacial score (nSPS) is 13.2. The molecule has 0 aliphatic carbocycles. The Bertz CT molecular complexity index is 1460. The molecule has 4 aromatic rings. The van der Waals surface area contributed by atoms with Gasteiger partial charge in [0.25, 0.3) is 15.9 Å². The molecule has 0 aromatic heterocycles. The fraction of sp³-hybridized carbons (Fsp3) is 0.0800. The van der Waals surface area contributed by atoms with Crippen molar-refractivity contribution >= 4 is 49.7 Å². The van der Waals surface area contributed by atoms with Gasteiger partial charge in [-0.05, 0) is 47.7 Å². The summed E-state index contributed by atoms with van der Waals surface area (Å²) in [5.41, 5.74) is 2.49. The van der Waals surface area contributed by atoms with E-state index in [2.05, 4.69) is 5.32 Å². The molecule has 1 aliphatic rings. The molecule has 1 heterocycles. The molecular weight excluding hydrogens is 444 g/mol. The minimum Gasteiger partial charge on any atom is -0.321 e. The highest BCUT2D eigenvalue weighted by Gasteiger charge is 2.32. The van der Waals surface area contributed by atoms with Gasteiger partial charge < -0.3 is 5.32 Å². The van der Waals surface area contributed by atoms with Crippen molar-refractivity contribution in [2.45, 2.75) is 11.3 Å². The molecule has 5 rings (SSSR count). The van der Waals surface area contributed by atoms with Gasteiger partial charge in [0.05, 0.1) is 10.7 Å². The lowest BCUT2D eigenvalue weighted by Gasteiger charge is -2.20. The Balaban J connectivity index is 1.49. The van der Waals surface area contributed by atoms with Gasteiger partial charge in [-0.15, -0.1) is 0 Å². The van der Waals surface area contributed by atoms with Crippen LogP contribution in [0.3, 0.4) is 0 Å². The second-order valence-corrected chi connectivity index (χ2v) is 9.82. The third kappa shape index (κ3) is 3.51. The van der Waals surface area contributed by atoms with Crippen LogP contribution in [-0.4, -0.2) is 20.9 Å². The summed E-state index contributed by atoms with van der Waals surface area (Å²) in [7, 11) is -3.92. The first-order valence-corrected chi connectivity index (χ1v) is 12.0. The topological polar surface area (TPSA) is 66.5 Å². The van der Waals surface area contributed by atoms with Crippen molar-refractivity contribution in [3.8, 4) is 0 Å². The average Bonchev–Trinajstić information content (AvgIpc) is 3.24. The number of amides is 1. The number of carbonyl (C=O) groups is 1. The third-order valence-corrected chi connectivity index (χ3v) is 7.94. The Morgan fingerprint density at radius 1 is 0.906 bits per heavy atom. The van der Waals surface area contributed by atoms with E-state index in [1.807, 2.05) is 60.7 Å². The van der Waals surface area contributed by atoms with Gasteiger partial charge in [0, 0.05) is 23.2 Å². The minimum absolute atomic E-state index is 0.0797. The van der Waals surface area contributed by atoms with Gasteiger partial charge in [-0.3, -0.25) is 9.10 Å². The summed E-state index contributed by atoms with van der Waals surface area (Å²) >= 11 is 6.29. The zero-order valence-corrected chi connectivity index (χ0v) is 18.5. The van der Waals surface area contributed by atoms with Crippen molar-refractivity contribution in [1.82, 2.24) is 0 Å². The first-order chi connectivity index (χ1) is 15.4. The smallest absolute Gasteiger partial charge is 0.265 e. The number of para-hydroxylation sites is 1. The number of nitrogens with one attached hydrogen (secondary N) is 1. The van der Waals surface area contributed by atoms with Crippen molar-refractivity contribution < 1.29 is 13.2 Å². The Hall–Kier alpha value is -3.35. The second-order valence-electron chi connectivity index (χ2n) is 7.58. The SMILES string of the molecule is O=C(Nc1cccc2ccccc12)c1ccc(Cl)c(S(=O)(=O)N2CCc3ccccc32)c1. The van der Waals surface area contributed by atoms with E-state index in [1.165, 1.54) is 22.5 Å². The summed E-state index contributed by atoms with van der Waals surface area (Å²) in [6.45, 7) is 0.338. The standard InChI is InChI=1S/C25H19ClN2O3S/c26-21-13-12-19(25(29)27-22-10-5-8-17-6-1-3-9-20(17)22)16-24(21)32(30,31)28-15-14-18-7-2-4-11-23(18)28/h1-13,16H,14-15H2,(H,27,29). The van der Waals surface area contributed by atoms with E-state index >= 15 is 0 Å². The fourth-order valence-electron chi connectivity index (χ4n) is 4.05. The van der Waals surface area contributed by atoms with E-state index in [0.29, 0.717) is 24.3 Å². The van der Waals surface area contributed by atoms with Crippen LogP contribution >= 0.6 is 11.6 Å². The Morgan fingerprint density at radius 3 is 2.53 bits per heavy atom. The number of sulfonamides is 1. The monoisotopic (exact) mass is 462 g/mol. The van der Waals surface area contributed by atoms with Crippen LogP contribution < -0.4 is 9.62 Å². The first-order valence-electron chi connectivity index (χ1n) is 10.1. The van der Waals surface area contributed by atoms with Crippen LogP contribution in [0.25, 0.3) is 10.8 Å². The molecular formula is C25H19ClN2O3S. The lowest BCUT2D eigenvalue weighted by atomic mass is 10.1. The average molecular weight is 463 g/mol. The lowest BCUT2D eigenvalue weighted by Crippen LogP contribution is -2.29. The van der Waals surface area contributed by atoms with E-state index in [0.717, 1.165) is 16.3 Å². The van der Waals surface area contributed by atoms with Gasteiger partial charge in [0.2, 0.25) is 0 Å². The lowest BCUT2D eigenvalue weighted by molar-refractivity contribution is 0.102. The summed E-state index contributed by atoms with van der Waals surface area (Å²) in [5.74, 6) is -0.406. The number of hydrogen-bond acceptors (Lipinski definition) is 3. The van der Waals surface area contributed by atoms with Crippen LogP contribution in [0.4, 0.5) is 11.4 Å². The quantitative estimate of drug-likeness (QED) is 0.435. The van der Waals surface area contributed by atoms with E-state index in [1.54, 1.807) is 6.07 Å². The molecule has 160 valence electrons. The number of carbonyl (C=O) groups excluding carboxylic acids is 1. The molecule has 1 amide bonds.